The van der Waals surface area contributed by atoms with Crippen molar-refractivity contribution >= 4 is 27.4 Å². The molecular weight excluding hydrogens is 375 g/mol. The number of nitro groups is 1. The zero-order valence-corrected chi connectivity index (χ0v) is 13.4. The minimum Gasteiger partial charge on any atom is -0.368 e. The summed E-state index contributed by atoms with van der Waals surface area (Å²) in [6.45, 7) is 0. The predicted octanol–water partition coefficient (Wildman–Crippen LogP) is 3.86. The van der Waals surface area contributed by atoms with Gasteiger partial charge in [-0.05, 0) is 12.8 Å². The summed E-state index contributed by atoms with van der Waals surface area (Å²) in [5, 5.41) is 10.8. The van der Waals surface area contributed by atoms with Crippen molar-refractivity contribution in [2.45, 2.75) is 29.6 Å². The summed E-state index contributed by atoms with van der Waals surface area (Å²) in [4.78, 5) is 10.1. The van der Waals surface area contributed by atoms with Gasteiger partial charge in [-0.15, -0.1) is 11.6 Å². The van der Waals surface area contributed by atoms with Gasteiger partial charge in [0.15, 0.2) is 0 Å². The first kappa shape index (κ1) is 18.5. The van der Waals surface area contributed by atoms with E-state index in [1.54, 1.807) is 12.2 Å². The van der Waals surface area contributed by atoms with Gasteiger partial charge in [0.05, 0.1) is 10.3 Å². The third-order valence-corrected chi connectivity index (χ3v) is 4.72. The van der Waals surface area contributed by atoms with Crippen molar-refractivity contribution in [2.24, 2.45) is 0 Å². The molecule has 1 aliphatic rings. The zero-order chi connectivity index (χ0) is 18.1. The van der Waals surface area contributed by atoms with Crippen LogP contribution in [0.3, 0.4) is 0 Å². The highest BCUT2D eigenvalue weighted by atomic mass is 35.5. The molecule has 1 aliphatic carbocycles. The minimum atomic E-state index is -6.03. The number of benzene rings is 1. The maximum Gasteiger partial charge on any atom is 0.534 e. The highest BCUT2D eigenvalue weighted by molar-refractivity contribution is 7.88. The highest BCUT2D eigenvalue weighted by Gasteiger charge is 2.49. The van der Waals surface area contributed by atoms with Gasteiger partial charge in [0.25, 0.3) is 0 Å². The molecule has 1 aromatic rings. The number of halogens is 4. The lowest BCUT2D eigenvalue weighted by molar-refractivity contribution is -0.385. The van der Waals surface area contributed by atoms with E-state index >= 15 is 0 Å². The van der Waals surface area contributed by atoms with E-state index in [-0.39, 0.29) is 10.9 Å². The molecule has 0 saturated heterocycles. The lowest BCUT2D eigenvalue weighted by atomic mass is 9.88. The summed E-state index contributed by atoms with van der Waals surface area (Å²) in [6.07, 6.45) is 4.02. The van der Waals surface area contributed by atoms with Crippen molar-refractivity contribution in [1.29, 1.82) is 0 Å². The van der Waals surface area contributed by atoms with Crippen LogP contribution in [0.2, 0.25) is 0 Å². The Morgan fingerprint density at radius 2 is 1.92 bits per heavy atom. The average Bonchev–Trinajstić information content (AvgIpc) is 2.46. The Morgan fingerprint density at radius 1 is 1.25 bits per heavy atom. The number of para-hydroxylation sites is 1. The Hall–Kier alpha value is -1.81. The molecule has 2 rings (SSSR count). The molecule has 2 atom stereocenters. The van der Waals surface area contributed by atoms with Crippen LogP contribution in [0.25, 0.3) is 0 Å². The average molecular weight is 386 g/mol. The van der Waals surface area contributed by atoms with Crippen LogP contribution >= 0.6 is 11.6 Å². The fourth-order valence-corrected chi connectivity index (χ4v) is 2.98. The van der Waals surface area contributed by atoms with Gasteiger partial charge in [-0.3, -0.25) is 10.1 Å². The number of allylic oxidation sites excluding steroid dienone is 2. The lowest BCUT2D eigenvalue weighted by Crippen LogP contribution is -2.28. The van der Waals surface area contributed by atoms with Gasteiger partial charge < -0.3 is 4.18 Å². The van der Waals surface area contributed by atoms with E-state index in [2.05, 4.69) is 4.18 Å². The highest BCUT2D eigenvalue weighted by Crippen LogP contribution is 2.42. The van der Waals surface area contributed by atoms with E-state index in [4.69, 9.17) is 11.6 Å². The van der Waals surface area contributed by atoms with Crippen LogP contribution in [0.5, 0.6) is 5.75 Å². The van der Waals surface area contributed by atoms with E-state index in [0.29, 0.717) is 12.8 Å². The first-order chi connectivity index (χ1) is 11.0. The van der Waals surface area contributed by atoms with Gasteiger partial charge in [0, 0.05) is 17.5 Å². The second-order valence-corrected chi connectivity index (χ2v) is 7.12. The Kier molecular flexibility index (Phi) is 5.09. The Morgan fingerprint density at radius 3 is 2.42 bits per heavy atom. The van der Waals surface area contributed by atoms with Gasteiger partial charge in [0.1, 0.15) is 0 Å². The molecule has 0 aromatic heterocycles. The molecule has 2 unspecified atom stereocenters. The number of alkyl halides is 4. The lowest BCUT2D eigenvalue weighted by Gasteiger charge is -2.21. The fourth-order valence-electron chi connectivity index (χ4n) is 2.27. The molecule has 6 nitrogen and oxygen atoms in total. The maximum atomic E-state index is 12.6. The molecule has 1 aromatic carbocycles. The van der Waals surface area contributed by atoms with Gasteiger partial charge in [-0.25, -0.2) is 0 Å². The molecule has 132 valence electrons. The topological polar surface area (TPSA) is 86.5 Å². The summed E-state index contributed by atoms with van der Waals surface area (Å²) in [5.41, 5.74) is -6.57. The van der Waals surface area contributed by atoms with Crippen LogP contribution in [0.4, 0.5) is 18.9 Å². The molecule has 0 N–H and O–H groups in total. The third-order valence-electron chi connectivity index (χ3n) is 3.40. The van der Waals surface area contributed by atoms with Gasteiger partial charge in [-0.2, -0.15) is 21.6 Å². The monoisotopic (exact) mass is 385 g/mol. The second kappa shape index (κ2) is 6.60. The Balaban J connectivity index is 2.55. The first-order valence-electron chi connectivity index (χ1n) is 6.63. The third kappa shape index (κ3) is 3.81. The van der Waals surface area contributed by atoms with Crippen LogP contribution in [0.1, 0.15) is 24.3 Å². The molecule has 0 bridgehead atoms. The smallest absolute Gasteiger partial charge is 0.368 e. The van der Waals surface area contributed by atoms with Crippen molar-refractivity contribution in [3.05, 3.63) is 46.0 Å². The van der Waals surface area contributed by atoms with Crippen LogP contribution < -0.4 is 4.18 Å². The van der Waals surface area contributed by atoms with Crippen molar-refractivity contribution in [2.75, 3.05) is 0 Å². The number of nitro benzene ring substituents is 1. The predicted molar refractivity (Wildman–Crippen MR) is 79.5 cm³/mol. The quantitative estimate of drug-likeness (QED) is 0.196. The number of hydrogen-bond acceptors (Lipinski definition) is 5. The maximum absolute atomic E-state index is 12.6. The molecule has 0 heterocycles. The standard InChI is InChI=1S/C13H11ClF3NO5S/c14-9-6-4-8(5-7-9)10-2-1-3-11(18(19)20)12(10)23-24(21,22)13(15,16)17/h1-4,6,8-9H,5,7H2. The van der Waals surface area contributed by atoms with Crippen molar-refractivity contribution < 1.29 is 30.7 Å². The summed E-state index contributed by atoms with van der Waals surface area (Å²) >= 11 is 5.89. The summed E-state index contributed by atoms with van der Waals surface area (Å²) in [5.74, 6) is -1.47. The van der Waals surface area contributed by atoms with E-state index in [1.807, 2.05) is 0 Å². The first-order valence-corrected chi connectivity index (χ1v) is 8.48. The number of nitrogens with zero attached hydrogens (tertiary/aromatic N) is 1. The van der Waals surface area contributed by atoms with Crippen LogP contribution in [0, 0.1) is 10.1 Å². The van der Waals surface area contributed by atoms with Crippen LogP contribution in [-0.2, 0) is 10.1 Å². The fraction of sp³-hybridized carbons (Fsp3) is 0.385. The van der Waals surface area contributed by atoms with E-state index in [1.165, 1.54) is 12.1 Å². The van der Waals surface area contributed by atoms with E-state index in [9.17, 15) is 31.7 Å². The van der Waals surface area contributed by atoms with E-state index < -0.39 is 37.9 Å². The van der Waals surface area contributed by atoms with Crippen molar-refractivity contribution in [3.8, 4) is 5.75 Å². The molecular formula is C13H11ClF3NO5S. The molecule has 0 spiro atoms. The molecule has 0 amide bonds. The number of hydrogen-bond donors (Lipinski definition) is 0. The Labute approximate surface area is 140 Å². The molecule has 0 aliphatic heterocycles. The molecule has 0 radical (unpaired) electrons. The van der Waals surface area contributed by atoms with Gasteiger partial charge in [0.2, 0.25) is 5.75 Å². The van der Waals surface area contributed by atoms with Crippen molar-refractivity contribution in [1.82, 2.24) is 0 Å². The van der Waals surface area contributed by atoms with Crippen LogP contribution in [-0.4, -0.2) is 24.2 Å². The summed E-state index contributed by atoms with van der Waals surface area (Å²) in [7, 11) is -6.03. The summed E-state index contributed by atoms with van der Waals surface area (Å²) in [6, 6.07) is 3.42. The van der Waals surface area contributed by atoms with E-state index in [0.717, 1.165) is 6.07 Å². The number of rotatable bonds is 4. The van der Waals surface area contributed by atoms with Crippen molar-refractivity contribution in [3.63, 3.8) is 0 Å². The van der Waals surface area contributed by atoms with Gasteiger partial charge >= 0.3 is 21.3 Å². The second-order valence-electron chi connectivity index (χ2n) is 5.02. The summed E-state index contributed by atoms with van der Waals surface area (Å²) < 4.78 is 64.3. The molecule has 24 heavy (non-hydrogen) atoms. The SMILES string of the molecule is O=[N+]([O-])c1cccc(C2C=CC(Cl)CC2)c1OS(=O)(=O)C(F)(F)F. The van der Waals surface area contributed by atoms with Gasteiger partial charge in [-0.1, -0.05) is 24.3 Å². The largest absolute Gasteiger partial charge is 0.534 e. The molecule has 0 fully saturated rings. The normalized spacial score (nSPS) is 21.5. The molecule has 11 heteroatoms. The minimum absolute atomic E-state index is 0.0168. The van der Waals surface area contributed by atoms with Crippen LogP contribution in [0.15, 0.2) is 30.4 Å². The zero-order valence-electron chi connectivity index (χ0n) is 11.9. The molecule has 0 saturated carbocycles. The Bertz CT molecular complexity index is 778.